The van der Waals surface area contributed by atoms with Crippen molar-refractivity contribution in [2.45, 2.75) is 17.0 Å². The molecule has 0 atom stereocenters. The molecule has 20 heavy (non-hydrogen) atoms. The highest BCUT2D eigenvalue weighted by atomic mass is 32.2. The second-order valence-corrected chi connectivity index (χ2v) is 5.34. The minimum absolute atomic E-state index is 0.201. The highest BCUT2D eigenvalue weighted by Crippen LogP contribution is 2.32. The number of nitrogens with zero attached hydrogens (tertiary/aromatic N) is 4. The number of aromatic nitrogens is 5. The predicted octanol–water partition coefficient (Wildman–Crippen LogP) is 1.09. The third-order valence-electron chi connectivity index (χ3n) is 3.03. The molecule has 0 aliphatic heterocycles. The normalized spacial score (nSPS) is 11.1. The largest absolute Gasteiger partial charge is 0.398 e. The summed E-state index contributed by atoms with van der Waals surface area (Å²) in [6.45, 7) is 1.88. The van der Waals surface area contributed by atoms with E-state index < -0.39 is 0 Å². The number of aromatic amines is 1. The van der Waals surface area contributed by atoms with Crippen LogP contribution in [0.15, 0.2) is 33.3 Å². The number of hydrogen-bond acceptors (Lipinski definition) is 6. The lowest BCUT2D eigenvalue weighted by atomic mass is 10.2. The number of hydrogen-bond donors (Lipinski definition) is 2. The lowest BCUT2D eigenvalue weighted by molar-refractivity contribution is 0.766. The van der Waals surface area contributed by atoms with Crippen molar-refractivity contribution in [2.24, 2.45) is 7.05 Å². The van der Waals surface area contributed by atoms with E-state index >= 15 is 0 Å². The zero-order valence-corrected chi connectivity index (χ0v) is 11.7. The lowest BCUT2D eigenvalue weighted by Crippen LogP contribution is -2.07. The number of rotatable bonds is 2. The van der Waals surface area contributed by atoms with Gasteiger partial charge >= 0.3 is 0 Å². The van der Waals surface area contributed by atoms with E-state index in [0.717, 1.165) is 15.9 Å². The van der Waals surface area contributed by atoms with E-state index in [2.05, 4.69) is 20.2 Å². The molecule has 0 aliphatic rings. The summed E-state index contributed by atoms with van der Waals surface area (Å²) in [7, 11) is 1.89. The van der Waals surface area contributed by atoms with E-state index in [1.807, 2.05) is 18.5 Å². The number of anilines is 1. The topological polar surface area (TPSA) is 102 Å². The molecule has 0 aliphatic carbocycles. The number of benzene rings is 1. The van der Waals surface area contributed by atoms with Gasteiger partial charge in [-0.25, -0.2) is 4.98 Å². The van der Waals surface area contributed by atoms with Crippen LogP contribution in [0.25, 0.3) is 10.9 Å². The molecular weight excluding hydrogens is 276 g/mol. The van der Waals surface area contributed by atoms with Gasteiger partial charge in [-0.05, 0) is 30.8 Å². The summed E-state index contributed by atoms with van der Waals surface area (Å²) in [4.78, 5) is 19.1. The van der Waals surface area contributed by atoms with E-state index in [1.165, 1.54) is 18.1 Å². The van der Waals surface area contributed by atoms with Crippen molar-refractivity contribution in [1.82, 2.24) is 24.7 Å². The van der Waals surface area contributed by atoms with Crippen molar-refractivity contribution in [3.05, 3.63) is 34.6 Å². The molecule has 0 spiro atoms. The minimum atomic E-state index is -0.201. The van der Waals surface area contributed by atoms with Gasteiger partial charge in [-0.2, -0.15) is 0 Å². The van der Waals surface area contributed by atoms with Crippen molar-refractivity contribution in [3.63, 3.8) is 0 Å². The van der Waals surface area contributed by atoms with Crippen molar-refractivity contribution >= 4 is 28.4 Å². The fourth-order valence-corrected chi connectivity index (χ4v) is 2.67. The number of aryl methyl sites for hydroxylation is 1. The molecule has 7 nitrogen and oxygen atoms in total. The highest BCUT2D eigenvalue weighted by molar-refractivity contribution is 7.99. The summed E-state index contributed by atoms with van der Waals surface area (Å²) in [5.74, 6) is 0.821. The third-order valence-corrected chi connectivity index (χ3v) is 4.14. The predicted molar refractivity (Wildman–Crippen MR) is 76.6 cm³/mol. The van der Waals surface area contributed by atoms with Crippen LogP contribution in [0.2, 0.25) is 0 Å². The second kappa shape index (κ2) is 4.64. The minimum Gasteiger partial charge on any atom is -0.398 e. The van der Waals surface area contributed by atoms with Crippen LogP contribution >= 0.6 is 11.8 Å². The van der Waals surface area contributed by atoms with E-state index in [4.69, 9.17) is 5.73 Å². The Balaban J connectivity index is 2.10. The van der Waals surface area contributed by atoms with Gasteiger partial charge in [0, 0.05) is 17.6 Å². The molecule has 0 radical (unpaired) electrons. The Kier molecular flexibility index (Phi) is 2.94. The maximum absolute atomic E-state index is 11.7. The molecule has 0 saturated carbocycles. The Morgan fingerprint density at radius 3 is 2.85 bits per heavy atom. The molecule has 0 amide bonds. The van der Waals surface area contributed by atoms with Gasteiger partial charge in [0.1, 0.15) is 5.82 Å². The molecule has 2 heterocycles. The SMILES string of the molecule is Cc1nnc(Sc2cc3nc[nH]c(=O)c3cc2N)n1C. The van der Waals surface area contributed by atoms with Crippen molar-refractivity contribution in [3.8, 4) is 0 Å². The van der Waals surface area contributed by atoms with Crippen molar-refractivity contribution in [2.75, 3.05) is 5.73 Å². The molecule has 102 valence electrons. The second-order valence-electron chi connectivity index (χ2n) is 4.33. The summed E-state index contributed by atoms with van der Waals surface area (Å²) in [5.41, 5.74) is 6.92. The average molecular weight is 288 g/mol. The molecule has 0 saturated heterocycles. The number of H-pyrrole nitrogens is 1. The Morgan fingerprint density at radius 2 is 2.15 bits per heavy atom. The molecule has 0 bridgehead atoms. The quantitative estimate of drug-likeness (QED) is 0.684. The molecule has 0 fully saturated rings. The van der Waals surface area contributed by atoms with E-state index in [1.54, 1.807) is 12.1 Å². The fourth-order valence-electron chi connectivity index (χ4n) is 1.78. The van der Waals surface area contributed by atoms with Gasteiger partial charge in [-0.15, -0.1) is 10.2 Å². The maximum Gasteiger partial charge on any atom is 0.258 e. The van der Waals surface area contributed by atoms with Gasteiger partial charge in [0.15, 0.2) is 5.16 Å². The summed E-state index contributed by atoms with van der Waals surface area (Å²) in [6, 6.07) is 3.42. The van der Waals surface area contributed by atoms with Crippen LogP contribution in [0.3, 0.4) is 0 Å². The van der Waals surface area contributed by atoms with Crippen LogP contribution in [-0.2, 0) is 7.05 Å². The third kappa shape index (κ3) is 2.03. The summed E-state index contributed by atoms with van der Waals surface area (Å²) < 4.78 is 1.87. The number of nitrogens with two attached hydrogens (primary N) is 1. The molecular formula is C12H12N6OS. The maximum atomic E-state index is 11.7. The van der Waals surface area contributed by atoms with Gasteiger partial charge in [0.05, 0.1) is 17.2 Å². The van der Waals surface area contributed by atoms with Crippen LogP contribution in [-0.4, -0.2) is 24.7 Å². The first-order chi connectivity index (χ1) is 9.56. The molecule has 1 aromatic carbocycles. The standard InChI is InChI=1S/C12H12N6OS/c1-6-16-17-12(18(6)2)20-10-4-9-7(3-8(10)13)11(19)15-5-14-9/h3-5H,13H2,1-2H3,(H,14,15,19). The first-order valence-electron chi connectivity index (χ1n) is 5.87. The first-order valence-corrected chi connectivity index (χ1v) is 6.68. The number of fused-ring (bicyclic) bond motifs is 1. The van der Waals surface area contributed by atoms with E-state index in [-0.39, 0.29) is 5.56 Å². The van der Waals surface area contributed by atoms with Gasteiger partial charge < -0.3 is 15.3 Å². The number of nitrogens with one attached hydrogen (secondary N) is 1. The van der Waals surface area contributed by atoms with E-state index in [9.17, 15) is 4.79 Å². The Labute approximate surface area is 118 Å². The van der Waals surface area contributed by atoms with Crippen LogP contribution in [0.5, 0.6) is 0 Å². The van der Waals surface area contributed by atoms with E-state index in [0.29, 0.717) is 16.6 Å². The van der Waals surface area contributed by atoms with Gasteiger partial charge in [0.2, 0.25) is 0 Å². The number of nitrogen functional groups attached to an aromatic ring is 1. The molecule has 3 aromatic rings. The molecule has 3 N–H and O–H groups in total. The van der Waals surface area contributed by atoms with Crippen LogP contribution in [0.1, 0.15) is 5.82 Å². The summed E-state index contributed by atoms with van der Waals surface area (Å²) >= 11 is 1.39. The van der Waals surface area contributed by atoms with Crippen LogP contribution < -0.4 is 11.3 Å². The molecule has 3 rings (SSSR count). The first kappa shape index (κ1) is 12.7. The Hall–Kier alpha value is -2.35. The molecule has 0 unspecified atom stereocenters. The smallest absolute Gasteiger partial charge is 0.258 e. The lowest BCUT2D eigenvalue weighted by Gasteiger charge is -2.06. The average Bonchev–Trinajstić information content (AvgIpc) is 2.73. The Bertz CT molecular complexity index is 853. The zero-order chi connectivity index (χ0) is 14.3. The molecule has 8 heteroatoms. The summed E-state index contributed by atoms with van der Waals surface area (Å²) in [6.07, 6.45) is 1.38. The van der Waals surface area contributed by atoms with Gasteiger partial charge in [-0.1, -0.05) is 0 Å². The van der Waals surface area contributed by atoms with Crippen LogP contribution in [0.4, 0.5) is 5.69 Å². The van der Waals surface area contributed by atoms with Gasteiger partial charge in [0.25, 0.3) is 5.56 Å². The van der Waals surface area contributed by atoms with Gasteiger partial charge in [-0.3, -0.25) is 4.79 Å². The van der Waals surface area contributed by atoms with Crippen molar-refractivity contribution in [1.29, 1.82) is 0 Å². The monoisotopic (exact) mass is 288 g/mol. The summed E-state index contributed by atoms with van der Waals surface area (Å²) in [5, 5.41) is 9.29. The molecule has 2 aromatic heterocycles. The van der Waals surface area contributed by atoms with Crippen LogP contribution in [0, 0.1) is 6.92 Å². The fraction of sp³-hybridized carbons (Fsp3) is 0.167. The highest BCUT2D eigenvalue weighted by Gasteiger charge is 2.11. The van der Waals surface area contributed by atoms with Crippen molar-refractivity contribution < 1.29 is 0 Å². The Morgan fingerprint density at radius 1 is 1.35 bits per heavy atom. The zero-order valence-electron chi connectivity index (χ0n) is 10.9.